The van der Waals surface area contributed by atoms with Gasteiger partial charge in [0.1, 0.15) is 0 Å². The molecule has 0 amide bonds. The molecule has 5 heteroatoms. The first-order valence-electron chi connectivity index (χ1n) is 15.9. The molecule has 4 nitrogen and oxygen atoms in total. The van der Waals surface area contributed by atoms with Crippen LogP contribution in [0.15, 0.2) is 158 Å². The van der Waals surface area contributed by atoms with E-state index in [1.165, 1.54) is 16.2 Å². The van der Waals surface area contributed by atoms with Crippen LogP contribution < -0.4 is 25.5 Å². The van der Waals surface area contributed by atoms with Crippen molar-refractivity contribution in [2.45, 2.75) is 0 Å². The number of nitrogens with zero attached hydrogens (tertiary/aromatic N) is 2. The van der Waals surface area contributed by atoms with E-state index in [1.54, 1.807) is 0 Å². The van der Waals surface area contributed by atoms with E-state index in [2.05, 4.69) is 174 Å². The number of aromatic nitrogens is 1. The number of para-hydroxylation sites is 7. The largest absolute Gasteiger partial charge is 0.453 e. The molecule has 219 valence electrons. The van der Waals surface area contributed by atoms with E-state index >= 15 is 0 Å². The minimum absolute atomic E-state index is 0.845. The molecular formula is C42H27BN3O. The predicted octanol–water partition coefficient (Wildman–Crippen LogP) is 10.0. The highest BCUT2D eigenvalue weighted by Gasteiger charge is 2.35. The van der Waals surface area contributed by atoms with E-state index in [0.717, 1.165) is 73.2 Å². The Kier molecular flexibility index (Phi) is 5.63. The number of aromatic amines is 1. The second-order valence-corrected chi connectivity index (χ2v) is 12.1. The van der Waals surface area contributed by atoms with Gasteiger partial charge < -0.3 is 19.5 Å². The topological polar surface area (TPSA) is 31.5 Å². The van der Waals surface area contributed by atoms with Crippen molar-refractivity contribution >= 4 is 74.1 Å². The lowest BCUT2D eigenvalue weighted by Gasteiger charge is -2.40. The minimum atomic E-state index is 0.845. The van der Waals surface area contributed by atoms with E-state index in [0.29, 0.717) is 0 Å². The Hall–Kier alpha value is -6.20. The molecule has 0 spiro atoms. The van der Waals surface area contributed by atoms with Crippen molar-refractivity contribution in [2.24, 2.45) is 0 Å². The number of hydrogen-bond donors (Lipinski definition) is 1. The summed E-state index contributed by atoms with van der Waals surface area (Å²) in [6.07, 6.45) is 0. The molecule has 0 bridgehead atoms. The molecule has 0 atom stereocenters. The summed E-state index contributed by atoms with van der Waals surface area (Å²) in [6, 6.07) is 55.8. The van der Waals surface area contributed by atoms with Crippen LogP contribution in [0.25, 0.3) is 32.9 Å². The van der Waals surface area contributed by atoms with Gasteiger partial charge in [0.05, 0.1) is 16.9 Å². The fourth-order valence-electron chi connectivity index (χ4n) is 7.36. The summed E-state index contributed by atoms with van der Waals surface area (Å²) in [5.74, 6) is 1.70. The van der Waals surface area contributed by atoms with Crippen LogP contribution in [-0.2, 0) is 0 Å². The second-order valence-electron chi connectivity index (χ2n) is 12.1. The van der Waals surface area contributed by atoms with E-state index in [1.807, 2.05) is 6.07 Å². The molecule has 0 aliphatic carbocycles. The lowest BCUT2D eigenvalue weighted by atomic mass is 9.58. The summed E-state index contributed by atoms with van der Waals surface area (Å²) in [5.41, 5.74) is 13.4. The Labute approximate surface area is 273 Å². The summed E-state index contributed by atoms with van der Waals surface area (Å²) in [6.45, 7) is 0. The first-order valence-corrected chi connectivity index (χ1v) is 15.9. The third-order valence-corrected chi connectivity index (χ3v) is 9.38. The number of ether oxygens (including phenoxy) is 1. The number of rotatable bonds is 4. The third-order valence-electron chi connectivity index (χ3n) is 9.38. The summed E-state index contributed by atoms with van der Waals surface area (Å²) in [7, 11) is 2.33. The Balaban J connectivity index is 1.32. The van der Waals surface area contributed by atoms with Crippen LogP contribution in [0, 0.1) is 0 Å². The van der Waals surface area contributed by atoms with Gasteiger partial charge in [-0.2, -0.15) is 0 Å². The Morgan fingerprint density at radius 1 is 0.532 bits per heavy atom. The zero-order chi connectivity index (χ0) is 30.9. The fourth-order valence-corrected chi connectivity index (χ4v) is 7.36. The van der Waals surface area contributed by atoms with Crippen LogP contribution in [0.4, 0.5) is 34.1 Å². The van der Waals surface area contributed by atoms with Gasteiger partial charge in [-0.3, -0.25) is 0 Å². The molecule has 7 aromatic carbocycles. The maximum absolute atomic E-state index is 6.48. The first-order chi connectivity index (χ1) is 23.3. The highest BCUT2D eigenvalue weighted by atomic mass is 16.5. The van der Waals surface area contributed by atoms with Gasteiger partial charge in [0.15, 0.2) is 18.8 Å². The summed E-state index contributed by atoms with van der Waals surface area (Å²) < 4.78 is 6.48. The molecular weight excluding hydrogens is 573 g/mol. The molecule has 2 aliphatic heterocycles. The van der Waals surface area contributed by atoms with Gasteiger partial charge in [0, 0.05) is 44.6 Å². The molecule has 3 heterocycles. The van der Waals surface area contributed by atoms with Gasteiger partial charge in [0.25, 0.3) is 0 Å². The van der Waals surface area contributed by atoms with Crippen LogP contribution in [0.1, 0.15) is 0 Å². The van der Waals surface area contributed by atoms with Crippen molar-refractivity contribution in [3.63, 3.8) is 0 Å². The van der Waals surface area contributed by atoms with Gasteiger partial charge in [-0.15, -0.1) is 0 Å². The Morgan fingerprint density at radius 2 is 1.21 bits per heavy atom. The SMILES string of the molecule is [B]1c2cccc3c2N(c2ccccc2O3)c2cc(N(c3ccccc3)c3ccccc3)cc(-c3cccc4c3[nH]c3ccccc34)c21. The molecule has 1 aromatic heterocycles. The van der Waals surface area contributed by atoms with Gasteiger partial charge >= 0.3 is 0 Å². The van der Waals surface area contributed by atoms with E-state index < -0.39 is 0 Å². The number of fused-ring (bicyclic) bond motifs is 7. The standard InChI is InChI=1S/C42H27BN3O/c1-3-13-27(14-4-1)45(28-15-5-2-6-16-28)29-25-33(32-19-11-18-31-30-17-7-8-21-35(30)44-41(31)32)40-37(26-29)46-36-22-9-10-23-38(36)47-39-24-12-20-34(43-40)42(39)46/h1-26,44H. The fraction of sp³-hybridized carbons (Fsp3) is 0. The highest BCUT2D eigenvalue weighted by molar-refractivity contribution is 6.73. The molecule has 0 saturated heterocycles. The molecule has 2 aliphatic rings. The van der Waals surface area contributed by atoms with Crippen molar-refractivity contribution in [2.75, 3.05) is 9.80 Å². The van der Waals surface area contributed by atoms with Crippen molar-refractivity contribution in [3.8, 4) is 22.6 Å². The maximum Gasteiger partial charge on any atom is 0.198 e. The summed E-state index contributed by atoms with van der Waals surface area (Å²) in [4.78, 5) is 8.53. The van der Waals surface area contributed by atoms with Crippen molar-refractivity contribution in [3.05, 3.63) is 158 Å². The molecule has 0 fully saturated rings. The molecule has 1 radical (unpaired) electrons. The third kappa shape index (κ3) is 3.96. The van der Waals surface area contributed by atoms with Crippen molar-refractivity contribution in [1.29, 1.82) is 0 Å². The van der Waals surface area contributed by atoms with E-state index in [4.69, 9.17) is 4.74 Å². The van der Waals surface area contributed by atoms with E-state index in [-0.39, 0.29) is 0 Å². The zero-order valence-electron chi connectivity index (χ0n) is 25.4. The maximum atomic E-state index is 6.48. The van der Waals surface area contributed by atoms with Crippen LogP contribution in [-0.4, -0.2) is 12.3 Å². The molecule has 0 unspecified atom stereocenters. The Bertz CT molecular complexity index is 2450. The van der Waals surface area contributed by atoms with Crippen LogP contribution in [0.2, 0.25) is 0 Å². The molecule has 1 N–H and O–H groups in total. The van der Waals surface area contributed by atoms with Gasteiger partial charge in [0.2, 0.25) is 0 Å². The molecule has 10 rings (SSSR count). The normalized spacial score (nSPS) is 12.6. The van der Waals surface area contributed by atoms with Crippen LogP contribution >= 0.6 is 0 Å². The lowest BCUT2D eigenvalue weighted by Crippen LogP contribution is -2.42. The number of hydrogen-bond acceptors (Lipinski definition) is 3. The van der Waals surface area contributed by atoms with Gasteiger partial charge in [-0.05, 0) is 71.7 Å². The number of anilines is 6. The number of benzene rings is 7. The first kappa shape index (κ1) is 26.1. The minimum Gasteiger partial charge on any atom is -0.453 e. The summed E-state index contributed by atoms with van der Waals surface area (Å²) >= 11 is 0. The van der Waals surface area contributed by atoms with Crippen molar-refractivity contribution < 1.29 is 4.74 Å². The number of nitrogens with one attached hydrogen (secondary N) is 1. The average molecular weight is 601 g/mol. The smallest absolute Gasteiger partial charge is 0.198 e. The molecule has 8 aromatic rings. The average Bonchev–Trinajstić information content (AvgIpc) is 3.52. The van der Waals surface area contributed by atoms with Crippen LogP contribution in [0.3, 0.4) is 0 Å². The zero-order valence-corrected chi connectivity index (χ0v) is 25.4. The van der Waals surface area contributed by atoms with Gasteiger partial charge in [-0.1, -0.05) is 103 Å². The monoisotopic (exact) mass is 600 g/mol. The highest BCUT2D eigenvalue weighted by Crippen LogP contribution is 2.52. The van der Waals surface area contributed by atoms with Crippen molar-refractivity contribution in [1.82, 2.24) is 4.98 Å². The second kappa shape index (κ2) is 10.2. The molecule has 47 heavy (non-hydrogen) atoms. The number of H-pyrrole nitrogens is 1. The molecule has 0 saturated carbocycles. The van der Waals surface area contributed by atoms with E-state index in [9.17, 15) is 0 Å². The van der Waals surface area contributed by atoms with Crippen LogP contribution in [0.5, 0.6) is 11.5 Å². The Morgan fingerprint density at radius 3 is 2.04 bits per heavy atom. The van der Waals surface area contributed by atoms with Gasteiger partial charge in [-0.25, -0.2) is 0 Å². The summed E-state index contributed by atoms with van der Waals surface area (Å²) in [5, 5.41) is 2.45. The predicted molar refractivity (Wildman–Crippen MR) is 196 cm³/mol. The lowest BCUT2D eigenvalue weighted by molar-refractivity contribution is 0.477. The quantitative estimate of drug-likeness (QED) is 0.204.